The number of hydrogen-bond acceptors (Lipinski definition) is 3. The Bertz CT molecular complexity index is 503. The van der Waals surface area contributed by atoms with E-state index in [2.05, 4.69) is 16.1 Å². The van der Waals surface area contributed by atoms with Crippen LogP contribution < -0.4 is 0 Å². The number of fused-ring (bicyclic) bond motifs is 1. The minimum Gasteiger partial charge on any atom is -0.334 e. The summed E-state index contributed by atoms with van der Waals surface area (Å²) in [4.78, 5) is 19.5. The molecule has 0 aromatic carbocycles. The highest BCUT2D eigenvalue weighted by Gasteiger charge is 2.36. The SMILES string of the molecule is CSCc1cccnc1C(=O)N1CCC[C@@H]2CCCC[C@@H]21. The van der Waals surface area contributed by atoms with E-state index in [1.54, 1.807) is 18.0 Å². The van der Waals surface area contributed by atoms with Gasteiger partial charge in [0.25, 0.3) is 5.91 Å². The summed E-state index contributed by atoms with van der Waals surface area (Å²) in [6, 6.07) is 4.44. The molecule has 1 saturated carbocycles. The molecule has 21 heavy (non-hydrogen) atoms. The molecular weight excluding hydrogens is 280 g/mol. The van der Waals surface area contributed by atoms with Crippen LogP contribution in [0.3, 0.4) is 0 Å². The van der Waals surface area contributed by atoms with Crippen molar-refractivity contribution in [3.63, 3.8) is 0 Å². The molecule has 0 bridgehead atoms. The van der Waals surface area contributed by atoms with Gasteiger partial charge in [-0.1, -0.05) is 18.9 Å². The van der Waals surface area contributed by atoms with Crippen molar-refractivity contribution in [1.29, 1.82) is 0 Å². The van der Waals surface area contributed by atoms with Crippen LogP contribution in [-0.4, -0.2) is 34.6 Å². The first-order chi connectivity index (χ1) is 10.3. The van der Waals surface area contributed by atoms with Gasteiger partial charge >= 0.3 is 0 Å². The highest BCUT2D eigenvalue weighted by atomic mass is 32.2. The maximum Gasteiger partial charge on any atom is 0.273 e. The number of rotatable bonds is 3. The summed E-state index contributed by atoms with van der Waals surface area (Å²) in [5.41, 5.74) is 1.76. The average Bonchev–Trinajstić information content (AvgIpc) is 2.54. The highest BCUT2D eigenvalue weighted by Crippen LogP contribution is 2.36. The number of hydrogen-bond donors (Lipinski definition) is 0. The van der Waals surface area contributed by atoms with Crippen molar-refractivity contribution >= 4 is 17.7 Å². The summed E-state index contributed by atoms with van der Waals surface area (Å²) in [5.74, 6) is 1.75. The van der Waals surface area contributed by atoms with Crippen LogP contribution in [-0.2, 0) is 5.75 Å². The van der Waals surface area contributed by atoms with Gasteiger partial charge in [0.05, 0.1) is 0 Å². The lowest BCUT2D eigenvalue weighted by Crippen LogP contribution is -2.50. The Morgan fingerprint density at radius 3 is 3.00 bits per heavy atom. The Hall–Kier alpha value is -1.03. The molecule has 0 radical (unpaired) electrons. The normalized spacial score (nSPS) is 25.5. The van der Waals surface area contributed by atoms with E-state index in [4.69, 9.17) is 0 Å². The molecular formula is C17H24N2OS. The first kappa shape index (κ1) is 14.9. The van der Waals surface area contributed by atoms with E-state index >= 15 is 0 Å². The maximum atomic E-state index is 13.0. The summed E-state index contributed by atoms with van der Waals surface area (Å²) in [5, 5.41) is 0. The minimum absolute atomic E-state index is 0.163. The lowest BCUT2D eigenvalue weighted by molar-refractivity contribution is 0.0384. The van der Waals surface area contributed by atoms with Gasteiger partial charge in [-0.25, -0.2) is 0 Å². The summed E-state index contributed by atoms with van der Waals surface area (Å²) < 4.78 is 0. The minimum atomic E-state index is 0.163. The van der Waals surface area contributed by atoms with Crippen molar-refractivity contribution in [1.82, 2.24) is 9.88 Å². The van der Waals surface area contributed by atoms with Crippen molar-refractivity contribution in [3.05, 3.63) is 29.6 Å². The van der Waals surface area contributed by atoms with Gasteiger partial charge in [-0.3, -0.25) is 9.78 Å². The number of piperidine rings is 1. The van der Waals surface area contributed by atoms with E-state index in [1.807, 2.05) is 12.1 Å². The third-order valence-electron chi connectivity index (χ3n) is 4.90. The number of aromatic nitrogens is 1. The molecule has 2 fully saturated rings. The first-order valence-corrected chi connectivity index (χ1v) is 9.44. The zero-order valence-electron chi connectivity index (χ0n) is 12.8. The van der Waals surface area contributed by atoms with Crippen LogP contribution in [0.2, 0.25) is 0 Å². The van der Waals surface area contributed by atoms with Gasteiger partial charge in [0.15, 0.2) is 0 Å². The third kappa shape index (κ3) is 3.10. The van der Waals surface area contributed by atoms with Crippen LogP contribution in [0.15, 0.2) is 18.3 Å². The van der Waals surface area contributed by atoms with Gasteiger partial charge in [0, 0.05) is 24.5 Å². The number of nitrogens with zero attached hydrogens (tertiary/aromatic N) is 2. The first-order valence-electron chi connectivity index (χ1n) is 8.05. The van der Waals surface area contributed by atoms with Gasteiger partial charge < -0.3 is 4.90 Å². The van der Waals surface area contributed by atoms with Gasteiger partial charge in [-0.15, -0.1) is 0 Å². The molecule has 114 valence electrons. The third-order valence-corrected chi connectivity index (χ3v) is 5.50. The summed E-state index contributed by atoms with van der Waals surface area (Å²) >= 11 is 1.74. The van der Waals surface area contributed by atoms with Gasteiger partial charge in [0.2, 0.25) is 0 Å². The molecule has 1 aromatic rings. The zero-order chi connectivity index (χ0) is 14.7. The topological polar surface area (TPSA) is 33.2 Å². The molecule has 1 aliphatic heterocycles. The quantitative estimate of drug-likeness (QED) is 0.853. The van der Waals surface area contributed by atoms with Crippen LogP contribution in [0.25, 0.3) is 0 Å². The smallest absolute Gasteiger partial charge is 0.273 e. The molecule has 0 N–H and O–H groups in total. The average molecular weight is 304 g/mol. The summed E-state index contributed by atoms with van der Waals surface area (Å²) in [6.07, 6.45) is 11.4. The van der Waals surface area contributed by atoms with Crippen LogP contribution in [0.1, 0.15) is 54.6 Å². The Kier molecular flexibility index (Phi) is 4.84. The van der Waals surface area contributed by atoms with Crippen LogP contribution in [0, 0.1) is 5.92 Å². The molecule has 0 spiro atoms. The second kappa shape index (κ2) is 6.82. The second-order valence-electron chi connectivity index (χ2n) is 6.20. The Morgan fingerprint density at radius 1 is 1.33 bits per heavy atom. The van der Waals surface area contributed by atoms with Crippen molar-refractivity contribution in [2.24, 2.45) is 5.92 Å². The van der Waals surface area contributed by atoms with Gasteiger partial charge in [-0.2, -0.15) is 11.8 Å². The summed E-state index contributed by atoms with van der Waals surface area (Å²) in [7, 11) is 0. The van der Waals surface area contributed by atoms with Crippen LogP contribution >= 0.6 is 11.8 Å². The molecule has 2 heterocycles. The number of likely N-dealkylation sites (tertiary alicyclic amines) is 1. The molecule has 3 nitrogen and oxygen atoms in total. The predicted molar refractivity (Wildman–Crippen MR) is 87.5 cm³/mol. The largest absolute Gasteiger partial charge is 0.334 e. The molecule has 2 atom stereocenters. The molecule has 1 aromatic heterocycles. The Balaban J connectivity index is 1.83. The number of carbonyl (C=O) groups excluding carboxylic acids is 1. The molecule has 4 heteroatoms. The van der Waals surface area contributed by atoms with Crippen LogP contribution in [0.4, 0.5) is 0 Å². The van der Waals surface area contributed by atoms with Crippen molar-refractivity contribution < 1.29 is 4.79 Å². The number of pyridine rings is 1. The Morgan fingerprint density at radius 2 is 2.14 bits per heavy atom. The van der Waals surface area contributed by atoms with Crippen molar-refractivity contribution in [3.8, 4) is 0 Å². The second-order valence-corrected chi connectivity index (χ2v) is 7.06. The monoisotopic (exact) mass is 304 g/mol. The van der Waals surface area contributed by atoms with E-state index in [0.717, 1.165) is 30.2 Å². The molecule has 1 saturated heterocycles. The van der Waals surface area contributed by atoms with E-state index in [9.17, 15) is 4.79 Å². The fourth-order valence-corrected chi connectivity index (χ4v) is 4.46. The molecule has 1 aliphatic carbocycles. The van der Waals surface area contributed by atoms with Crippen molar-refractivity contribution in [2.75, 3.05) is 12.8 Å². The van der Waals surface area contributed by atoms with E-state index in [1.165, 1.54) is 32.1 Å². The van der Waals surface area contributed by atoms with Gasteiger partial charge in [0.1, 0.15) is 5.69 Å². The lowest BCUT2D eigenvalue weighted by Gasteiger charge is -2.44. The lowest BCUT2D eigenvalue weighted by atomic mass is 9.78. The van der Waals surface area contributed by atoms with E-state index < -0.39 is 0 Å². The van der Waals surface area contributed by atoms with Crippen molar-refractivity contribution in [2.45, 2.75) is 50.3 Å². The molecule has 1 amide bonds. The number of carbonyl (C=O) groups is 1. The predicted octanol–water partition coefficient (Wildman–Crippen LogP) is 3.74. The standard InChI is InChI=1S/C17H24N2OS/c1-21-12-14-7-4-10-18-16(14)17(20)19-11-5-8-13-6-2-3-9-15(13)19/h4,7,10,13,15H,2-3,5-6,8-9,11-12H2,1H3/t13-,15-/m0/s1. The molecule has 0 unspecified atom stereocenters. The van der Waals surface area contributed by atoms with Crippen LogP contribution in [0.5, 0.6) is 0 Å². The number of thioether (sulfide) groups is 1. The zero-order valence-corrected chi connectivity index (χ0v) is 13.6. The Labute approximate surface area is 131 Å². The van der Waals surface area contributed by atoms with Gasteiger partial charge in [-0.05, 0) is 49.5 Å². The van der Waals surface area contributed by atoms with E-state index in [-0.39, 0.29) is 5.91 Å². The fraction of sp³-hybridized carbons (Fsp3) is 0.647. The molecule has 2 aliphatic rings. The molecule has 3 rings (SSSR count). The highest BCUT2D eigenvalue weighted by molar-refractivity contribution is 7.97. The summed E-state index contributed by atoms with van der Waals surface area (Å²) in [6.45, 7) is 0.912. The maximum absolute atomic E-state index is 13.0. The fourth-order valence-electron chi connectivity index (χ4n) is 3.92. The number of amides is 1. The van der Waals surface area contributed by atoms with E-state index in [0.29, 0.717) is 11.7 Å².